The van der Waals surface area contributed by atoms with Gasteiger partial charge in [-0.25, -0.2) is 0 Å². The van der Waals surface area contributed by atoms with Gasteiger partial charge in [0, 0.05) is 66.1 Å². The highest BCUT2D eigenvalue weighted by Gasteiger charge is 2.20. The smallest absolute Gasteiger partial charge is 0.191 e. The zero-order valence-electron chi connectivity index (χ0n) is 18.0. The average Bonchev–Trinajstić information content (AvgIpc) is 3.54. The van der Waals surface area contributed by atoms with Crippen molar-refractivity contribution in [1.82, 2.24) is 20.4 Å². The third-order valence-corrected chi connectivity index (χ3v) is 5.52. The molecule has 1 saturated carbocycles. The minimum Gasteiger partial charge on any atom is -0.381 e. The molecule has 7 heteroatoms. The van der Waals surface area contributed by atoms with Crippen molar-refractivity contribution in [2.75, 3.05) is 60.0 Å². The largest absolute Gasteiger partial charge is 0.381 e. The molecule has 3 rings (SSSR count). The first-order chi connectivity index (χ1) is 13.7. The van der Waals surface area contributed by atoms with Gasteiger partial charge >= 0.3 is 0 Å². The number of guanidine groups is 1. The van der Waals surface area contributed by atoms with Gasteiger partial charge in [0.2, 0.25) is 0 Å². The van der Waals surface area contributed by atoms with E-state index >= 15 is 0 Å². The number of hydrogen-bond donors (Lipinski definition) is 2. The number of nitrogens with zero attached hydrogens (tertiary/aromatic N) is 3. The Morgan fingerprint density at radius 2 is 1.76 bits per heavy atom. The first kappa shape index (κ1) is 24.4. The van der Waals surface area contributed by atoms with Crippen molar-refractivity contribution in [2.24, 2.45) is 10.9 Å². The molecule has 2 N–H and O–H groups in total. The maximum absolute atomic E-state index is 5.67. The summed E-state index contributed by atoms with van der Waals surface area (Å²) in [6, 6.07) is 8.94. The number of nitrogens with one attached hydrogen (secondary N) is 2. The molecule has 164 valence electrons. The summed E-state index contributed by atoms with van der Waals surface area (Å²) in [4.78, 5) is 9.23. The lowest BCUT2D eigenvalue weighted by atomic mass is 10.1. The van der Waals surface area contributed by atoms with Crippen LogP contribution in [-0.4, -0.2) is 75.8 Å². The first-order valence-corrected chi connectivity index (χ1v) is 10.7. The fourth-order valence-corrected chi connectivity index (χ4v) is 3.35. The number of piperazine rings is 1. The summed E-state index contributed by atoms with van der Waals surface area (Å²) < 4.78 is 5.67. The standard InChI is InChI=1S/C22H37N5O.HI/c1-23-22(24-10-3-15-28-18-21-8-9-21)25-16-19-4-6-20(7-5-19)17-27-13-11-26(2)12-14-27;/h4-7,21H,3,8-18H2,1-2H3,(H2,23,24,25);1H. The maximum Gasteiger partial charge on any atom is 0.191 e. The summed E-state index contributed by atoms with van der Waals surface area (Å²) in [7, 11) is 4.02. The summed E-state index contributed by atoms with van der Waals surface area (Å²) in [6.07, 6.45) is 3.71. The minimum absolute atomic E-state index is 0. The van der Waals surface area contributed by atoms with Crippen LogP contribution in [0.4, 0.5) is 0 Å². The number of likely N-dealkylation sites (N-methyl/N-ethyl adjacent to an activating group) is 1. The summed E-state index contributed by atoms with van der Waals surface area (Å²) in [6.45, 7) is 9.14. The number of aliphatic imine (C=N–C) groups is 1. The molecule has 0 bridgehead atoms. The van der Waals surface area contributed by atoms with E-state index in [9.17, 15) is 0 Å². The van der Waals surface area contributed by atoms with E-state index in [0.29, 0.717) is 0 Å². The molecule has 29 heavy (non-hydrogen) atoms. The maximum atomic E-state index is 5.67. The summed E-state index contributed by atoms with van der Waals surface area (Å²) in [5.74, 6) is 1.69. The van der Waals surface area contributed by atoms with Crippen LogP contribution in [0.25, 0.3) is 0 Å². The van der Waals surface area contributed by atoms with Crippen molar-refractivity contribution in [2.45, 2.75) is 32.4 Å². The highest BCUT2D eigenvalue weighted by molar-refractivity contribution is 14.0. The number of benzene rings is 1. The second-order valence-electron chi connectivity index (χ2n) is 8.12. The Morgan fingerprint density at radius 1 is 1.07 bits per heavy atom. The second-order valence-corrected chi connectivity index (χ2v) is 8.12. The molecule has 1 saturated heterocycles. The van der Waals surface area contributed by atoms with Gasteiger partial charge in [-0.15, -0.1) is 24.0 Å². The molecule has 2 fully saturated rings. The highest BCUT2D eigenvalue weighted by Crippen LogP contribution is 2.28. The van der Waals surface area contributed by atoms with Gasteiger partial charge in [-0.3, -0.25) is 9.89 Å². The predicted molar refractivity (Wildman–Crippen MR) is 131 cm³/mol. The van der Waals surface area contributed by atoms with E-state index in [0.717, 1.165) is 64.2 Å². The third kappa shape index (κ3) is 9.63. The molecule has 1 aromatic rings. The van der Waals surface area contributed by atoms with Gasteiger partial charge in [-0.05, 0) is 43.4 Å². The Bertz CT molecular complexity index is 598. The van der Waals surface area contributed by atoms with E-state index in [2.05, 4.69) is 56.7 Å². The van der Waals surface area contributed by atoms with Crippen molar-refractivity contribution in [3.05, 3.63) is 35.4 Å². The van der Waals surface area contributed by atoms with E-state index in [1.165, 1.54) is 37.1 Å². The Morgan fingerprint density at radius 3 is 2.41 bits per heavy atom. The third-order valence-electron chi connectivity index (χ3n) is 5.52. The normalized spacial score (nSPS) is 18.3. The molecule has 0 amide bonds. The SMILES string of the molecule is CN=C(NCCCOCC1CC1)NCc1ccc(CN2CCN(C)CC2)cc1.I. The van der Waals surface area contributed by atoms with E-state index < -0.39 is 0 Å². The Hall–Kier alpha value is -0.900. The molecule has 1 heterocycles. The number of rotatable bonds is 10. The average molecular weight is 515 g/mol. The van der Waals surface area contributed by atoms with Gasteiger partial charge in [-0.1, -0.05) is 24.3 Å². The highest BCUT2D eigenvalue weighted by atomic mass is 127. The minimum atomic E-state index is 0. The molecule has 6 nitrogen and oxygen atoms in total. The molecule has 2 aliphatic rings. The van der Waals surface area contributed by atoms with Crippen LogP contribution in [0.2, 0.25) is 0 Å². The zero-order valence-corrected chi connectivity index (χ0v) is 20.4. The summed E-state index contributed by atoms with van der Waals surface area (Å²) in [5, 5.41) is 6.75. The van der Waals surface area contributed by atoms with Gasteiger partial charge in [0.15, 0.2) is 5.96 Å². The lowest BCUT2D eigenvalue weighted by Gasteiger charge is -2.32. The van der Waals surface area contributed by atoms with Gasteiger partial charge in [0.05, 0.1) is 0 Å². The van der Waals surface area contributed by atoms with Crippen LogP contribution < -0.4 is 10.6 Å². The lowest BCUT2D eigenvalue weighted by molar-refractivity contribution is 0.123. The molecule has 0 aromatic heterocycles. The zero-order chi connectivity index (χ0) is 19.6. The van der Waals surface area contributed by atoms with Crippen molar-refractivity contribution in [1.29, 1.82) is 0 Å². The molecule has 0 unspecified atom stereocenters. The van der Waals surface area contributed by atoms with Crippen LogP contribution in [0.15, 0.2) is 29.3 Å². The summed E-state index contributed by atoms with van der Waals surface area (Å²) in [5.41, 5.74) is 2.67. The molecule has 0 atom stereocenters. The van der Waals surface area contributed by atoms with Crippen LogP contribution in [-0.2, 0) is 17.8 Å². The summed E-state index contributed by atoms with van der Waals surface area (Å²) >= 11 is 0. The molecule has 0 spiro atoms. The van der Waals surface area contributed by atoms with Crippen molar-refractivity contribution in [3.63, 3.8) is 0 Å². The monoisotopic (exact) mass is 515 g/mol. The molecule has 1 aromatic carbocycles. The fraction of sp³-hybridized carbons (Fsp3) is 0.682. The van der Waals surface area contributed by atoms with Crippen LogP contribution in [0.3, 0.4) is 0 Å². The van der Waals surface area contributed by atoms with E-state index in [1.807, 2.05) is 7.05 Å². The Kier molecular flexibility index (Phi) is 11.3. The molecular weight excluding hydrogens is 477 g/mol. The van der Waals surface area contributed by atoms with Gasteiger partial charge in [0.1, 0.15) is 0 Å². The van der Waals surface area contributed by atoms with Gasteiger partial charge < -0.3 is 20.3 Å². The van der Waals surface area contributed by atoms with Crippen molar-refractivity contribution in [3.8, 4) is 0 Å². The topological polar surface area (TPSA) is 52.1 Å². The van der Waals surface area contributed by atoms with Gasteiger partial charge in [-0.2, -0.15) is 0 Å². The Labute approximate surface area is 193 Å². The molecular formula is C22H38IN5O. The van der Waals surface area contributed by atoms with Crippen molar-refractivity contribution >= 4 is 29.9 Å². The van der Waals surface area contributed by atoms with E-state index in [-0.39, 0.29) is 24.0 Å². The van der Waals surface area contributed by atoms with Crippen LogP contribution >= 0.6 is 24.0 Å². The number of ether oxygens (including phenoxy) is 1. The Balaban J connectivity index is 0.00000300. The van der Waals surface area contributed by atoms with Crippen LogP contribution in [0, 0.1) is 5.92 Å². The molecule has 0 radical (unpaired) electrons. The first-order valence-electron chi connectivity index (χ1n) is 10.7. The van der Waals surface area contributed by atoms with E-state index in [1.54, 1.807) is 0 Å². The second kappa shape index (κ2) is 13.4. The predicted octanol–water partition coefficient (Wildman–Crippen LogP) is 2.53. The molecule has 1 aliphatic carbocycles. The lowest BCUT2D eigenvalue weighted by Crippen LogP contribution is -2.43. The number of hydrogen-bond acceptors (Lipinski definition) is 4. The quantitative estimate of drug-likeness (QED) is 0.217. The van der Waals surface area contributed by atoms with E-state index in [4.69, 9.17) is 4.74 Å². The van der Waals surface area contributed by atoms with Crippen LogP contribution in [0.5, 0.6) is 0 Å². The van der Waals surface area contributed by atoms with Crippen molar-refractivity contribution < 1.29 is 4.74 Å². The fourth-order valence-electron chi connectivity index (χ4n) is 3.35. The van der Waals surface area contributed by atoms with Gasteiger partial charge in [0.25, 0.3) is 0 Å². The molecule has 1 aliphatic heterocycles. The number of halogens is 1. The van der Waals surface area contributed by atoms with Crippen LogP contribution in [0.1, 0.15) is 30.4 Å².